The molecule has 2 atom stereocenters. The highest BCUT2D eigenvalue weighted by atomic mass is 35.5. The Morgan fingerprint density at radius 1 is 1.26 bits per heavy atom. The number of ether oxygens (including phenoxy) is 1. The molecule has 0 saturated heterocycles. The summed E-state index contributed by atoms with van der Waals surface area (Å²) in [6.45, 7) is 1.48. The highest BCUT2D eigenvalue weighted by Gasteiger charge is 2.38. The highest BCUT2D eigenvalue weighted by Crippen LogP contribution is 2.44. The summed E-state index contributed by atoms with van der Waals surface area (Å²) in [6.07, 6.45) is 0.808. The van der Waals surface area contributed by atoms with Gasteiger partial charge in [-0.05, 0) is 29.8 Å². The molecule has 2 aromatic carbocycles. The third kappa shape index (κ3) is 5.37. The summed E-state index contributed by atoms with van der Waals surface area (Å²) >= 11 is 12.7. The van der Waals surface area contributed by atoms with Gasteiger partial charge < -0.3 is 20.7 Å². The third-order valence-corrected chi connectivity index (χ3v) is 5.49. The topological polar surface area (TPSA) is 84.7 Å². The minimum atomic E-state index is -0.650. The van der Waals surface area contributed by atoms with Crippen molar-refractivity contribution in [3.05, 3.63) is 57.6 Å². The van der Waals surface area contributed by atoms with Gasteiger partial charge >= 0.3 is 5.97 Å². The van der Waals surface area contributed by atoms with Gasteiger partial charge in [0.05, 0.1) is 13.2 Å². The van der Waals surface area contributed by atoms with Crippen LogP contribution in [0.3, 0.4) is 0 Å². The van der Waals surface area contributed by atoms with E-state index in [0.717, 1.165) is 5.56 Å². The molecule has 1 aliphatic rings. The first-order valence-corrected chi connectivity index (χ1v) is 10.0. The molecule has 0 unspecified atom stereocenters. The SMILES string of the molecule is COC(=O)[C@@H]1C[C@@H](N(C(C)=O)c2ccc(CC#CN)cc2)c2c(Cl)cc(Cl)cc2N1.Cl. The van der Waals surface area contributed by atoms with E-state index in [9.17, 15) is 9.59 Å². The molecule has 0 spiro atoms. The molecule has 1 aliphatic heterocycles. The Hall–Kier alpha value is -2.59. The van der Waals surface area contributed by atoms with E-state index in [-0.39, 0.29) is 18.3 Å². The standard InChI is InChI=1S/C22H21Cl2N3O3.ClH/c1-13(28)27(16-7-5-14(6-8-16)4-3-9-25)20-12-19(22(29)30-2)26-18-11-15(23)10-17(24)21(18)20;/h5-8,10-11,19-20,26H,4,12,25H2,1-2H3;1H/t19-,20+;/m0./s1. The highest BCUT2D eigenvalue weighted by molar-refractivity contribution is 6.35. The maximum atomic E-state index is 12.7. The molecule has 3 rings (SSSR count). The molecule has 164 valence electrons. The second-order valence-electron chi connectivity index (χ2n) is 6.87. The van der Waals surface area contributed by atoms with Crippen LogP contribution in [0.2, 0.25) is 10.0 Å². The molecule has 31 heavy (non-hydrogen) atoms. The minimum absolute atomic E-state index is 0. The number of hydrogen-bond acceptors (Lipinski definition) is 5. The smallest absolute Gasteiger partial charge is 0.328 e. The van der Waals surface area contributed by atoms with Gasteiger partial charge in [-0.25, -0.2) is 4.79 Å². The fraction of sp³-hybridized carbons (Fsp3) is 0.273. The van der Waals surface area contributed by atoms with Crippen LogP contribution in [0.5, 0.6) is 0 Å². The van der Waals surface area contributed by atoms with Gasteiger partial charge in [0.1, 0.15) is 6.04 Å². The van der Waals surface area contributed by atoms with Crippen molar-refractivity contribution in [2.24, 2.45) is 5.73 Å². The van der Waals surface area contributed by atoms with E-state index in [2.05, 4.69) is 17.3 Å². The summed E-state index contributed by atoms with van der Waals surface area (Å²) in [7, 11) is 1.32. The molecule has 2 aromatic rings. The van der Waals surface area contributed by atoms with E-state index >= 15 is 0 Å². The summed E-state index contributed by atoms with van der Waals surface area (Å²) < 4.78 is 4.92. The Bertz CT molecular complexity index is 1030. The predicted octanol–water partition coefficient (Wildman–Crippen LogP) is 4.33. The van der Waals surface area contributed by atoms with Crippen molar-refractivity contribution in [2.45, 2.75) is 31.8 Å². The molecule has 3 N–H and O–H groups in total. The first kappa shape index (κ1) is 24.7. The van der Waals surface area contributed by atoms with Crippen LogP contribution in [0.1, 0.15) is 30.5 Å². The molecule has 1 heterocycles. The largest absolute Gasteiger partial charge is 0.467 e. The second-order valence-corrected chi connectivity index (χ2v) is 7.72. The van der Waals surface area contributed by atoms with Crippen molar-refractivity contribution in [3.63, 3.8) is 0 Å². The maximum absolute atomic E-state index is 12.7. The van der Waals surface area contributed by atoms with Crippen molar-refractivity contribution in [2.75, 3.05) is 17.3 Å². The number of halogens is 3. The molecule has 0 aromatic heterocycles. The molecule has 9 heteroatoms. The zero-order chi connectivity index (χ0) is 21.8. The monoisotopic (exact) mass is 481 g/mol. The van der Waals surface area contributed by atoms with Crippen LogP contribution < -0.4 is 16.0 Å². The van der Waals surface area contributed by atoms with Gasteiger partial charge in [0.2, 0.25) is 5.91 Å². The van der Waals surface area contributed by atoms with Crippen molar-refractivity contribution in [1.82, 2.24) is 0 Å². The predicted molar refractivity (Wildman–Crippen MR) is 126 cm³/mol. The Morgan fingerprint density at radius 3 is 2.52 bits per heavy atom. The number of carbonyl (C=O) groups excluding carboxylic acids is 2. The van der Waals surface area contributed by atoms with Gasteiger partial charge in [0, 0.05) is 52.8 Å². The minimum Gasteiger partial charge on any atom is -0.467 e. The molecule has 0 fully saturated rings. The lowest BCUT2D eigenvalue weighted by molar-refractivity contribution is -0.142. The normalized spacial score (nSPS) is 16.5. The number of amides is 1. The van der Waals surface area contributed by atoms with Gasteiger partial charge in [0.15, 0.2) is 0 Å². The number of nitrogens with two attached hydrogens (primary N) is 1. The Kier molecular flexibility index (Phi) is 8.46. The molecule has 0 radical (unpaired) electrons. The maximum Gasteiger partial charge on any atom is 0.328 e. The van der Waals surface area contributed by atoms with E-state index < -0.39 is 18.1 Å². The van der Waals surface area contributed by atoms with Crippen LogP contribution in [0.15, 0.2) is 36.4 Å². The number of benzene rings is 2. The van der Waals surface area contributed by atoms with E-state index in [1.165, 1.54) is 14.0 Å². The molecule has 1 amide bonds. The second kappa shape index (κ2) is 10.6. The van der Waals surface area contributed by atoms with Crippen molar-refractivity contribution in [1.29, 1.82) is 0 Å². The Labute approximate surface area is 197 Å². The van der Waals surface area contributed by atoms with Crippen molar-refractivity contribution in [3.8, 4) is 12.0 Å². The molecule has 0 aliphatic carbocycles. The zero-order valence-corrected chi connectivity index (χ0v) is 19.3. The zero-order valence-electron chi connectivity index (χ0n) is 16.9. The van der Waals surface area contributed by atoms with Gasteiger partial charge in [-0.15, -0.1) is 12.4 Å². The molecule has 0 bridgehead atoms. The number of fused-ring (bicyclic) bond motifs is 1. The lowest BCUT2D eigenvalue weighted by atomic mass is 9.90. The van der Waals surface area contributed by atoms with E-state index in [0.29, 0.717) is 39.8 Å². The number of methoxy groups -OCH3 is 1. The van der Waals surface area contributed by atoms with Gasteiger partial charge in [-0.1, -0.05) is 41.3 Å². The number of hydrogen-bond donors (Lipinski definition) is 2. The number of rotatable bonds is 4. The van der Waals surface area contributed by atoms with Crippen LogP contribution in [-0.2, 0) is 20.7 Å². The summed E-state index contributed by atoms with van der Waals surface area (Å²) in [5, 5.41) is 3.97. The molecule has 6 nitrogen and oxygen atoms in total. The van der Waals surface area contributed by atoms with Crippen LogP contribution in [-0.4, -0.2) is 25.0 Å². The Balaban J connectivity index is 0.00000341. The fourth-order valence-corrected chi connectivity index (χ4v) is 4.29. The van der Waals surface area contributed by atoms with Crippen LogP contribution in [0.25, 0.3) is 0 Å². The summed E-state index contributed by atoms with van der Waals surface area (Å²) in [4.78, 5) is 26.6. The number of esters is 1. The first-order chi connectivity index (χ1) is 14.3. The lowest BCUT2D eigenvalue weighted by Crippen LogP contribution is -2.43. The van der Waals surface area contributed by atoms with Crippen LogP contribution in [0.4, 0.5) is 11.4 Å². The van der Waals surface area contributed by atoms with Crippen LogP contribution in [0, 0.1) is 12.0 Å². The average molecular weight is 483 g/mol. The summed E-state index contributed by atoms with van der Waals surface area (Å²) in [6, 6.07) is 12.0. The molecular formula is C22H22Cl3N3O3. The number of carbonyl (C=O) groups is 2. The van der Waals surface area contributed by atoms with E-state index in [4.69, 9.17) is 33.7 Å². The molecular weight excluding hydrogens is 461 g/mol. The molecule has 0 saturated carbocycles. The van der Waals surface area contributed by atoms with Gasteiger partial charge in [-0.2, -0.15) is 0 Å². The summed E-state index contributed by atoms with van der Waals surface area (Å²) in [5.41, 5.74) is 8.19. The van der Waals surface area contributed by atoms with E-state index in [1.807, 2.05) is 24.3 Å². The van der Waals surface area contributed by atoms with Crippen LogP contribution >= 0.6 is 35.6 Å². The average Bonchev–Trinajstić information content (AvgIpc) is 2.71. The van der Waals surface area contributed by atoms with Crippen molar-refractivity contribution < 1.29 is 14.3 Å². The number of nitrogens with one attached hydrogen (secondary N) is 1. The lowest BCUT2D eigenvalue weighted by Gasteiger charge is -2.39. The summed E-state index contributed by atoms with van der Waals surface area (Å²) in [5.74, 6) is 2.19. The first-order valence-electron chi connectivity index (χ1n) is 9.26. The van der Waals surface area contributed by atoms with E-state index in [1.54, 1.807) is 17.0 Å². The fourth-order valence-electron chi connectivity index (χ4n) is 3.67. The van der Waals surface area contributed by atoms with Gasteiger partial charge in [-0.3, -0.25) is 4.79 Å². The van der Waals surface area contributed by atoms with Crippen molar-refractivity contribution >= 4 is 58.9 Å². The number of nitrogens with zero attached hydrogens (tertiary/aromatic N) is 1. The Morgan fingerprint density at radius 2 is 1.94 bits per heavy atom. The quantitative estimate of drug-likeness (QED) is 0.385. The third-order valence-electron chi connectivity index (χ3n) is 4.96. The number of anilines is 2. The van der Waals surface area contributed by atoms with Gasteiger partial charge in [0.25, 0.3) is 0 Å².